The third-order valence-electron chi connectivity index (χ3n) is 3.87. The summed E-state index contributed by atoms with van der Waals surface area (Å²) in [4.78, 5) is 0. The van der Waals surface area contributed by atoms with Gasteiger partial charge < -0.3 is 8.83 Å². The number of nitrogens with zero attached hydrogens (tertiary/aromatic N) is 2. The zero-order valence-electron chi connectivity index (χ0n) is 13.2. The van der Waals surface area contributed by atoms with Gasteiger partial charge in [-0.25, -0.2) is 4.39 Å². The van der Waals surface area contributed by atoms with E-state index in [1.165, 1.54) is 24.3 Å². The molecule has 0 bridgehead atoms. The van der Waals surface area contributed by atoms with E-state index in [-0.39, 0.29) is 28.3 Å². The van der Waals surface area contributed by atoms with Crippen LogP contribution >= 0.6 is 0 Å². The van der Waals surface area contributed by atoms with Gasteiger partial charge in [0, 0.05) is 5.92 Å². The average molecular weight is 363 g/mol. The van der Waals surface area contributed by atoms with Gasteiger partial charge in [0.15, 0.2) is 5.76 Å². The summed E-state index contributed by atoms with van der Waals surface area (Å²) in [5.74, 6) is 0.573. The fourth-order valence-corrected chi connectivity index (χ4v) is 3.36. The van der Waals surface area contributed by atoms with Crippen LogP contribution in [-0.4, -0.2) is 18.6 Å². The van der Waals surface area contributed by atoms with Crippen molar-refractivity contribution in [2.45, 2.75) is 30.8 Å². The minimum absolute atomic E-state index is 0.130. The molecule has 9 heteroatoms. The lowest BCUT2D eigenvalue weighted by atomic mass is 10.2. The lowest BCUT2D eigenvalue weighted by Gasteiger charge is -2.08. The van der Waals surface area contributed by atoms with Crippen molar-refractivity contribution >= 4 is 15.7 Å². The van der Waals surface area contributed by atoms with Crippen LogP contribution in [0, 0.1) is 12.7 Å². The molecule has 1 fully saturated rings. The van der Waals surface area contributed by atoms with Gasteiger partial charge in [-0.15, -0.1) is 10.2 Å². The highest BCUT2D eigenvalue weighted by Gasteiger charge is 2.30. The van der Waals surface area contributed by atoms with Gasteiger partial charge in [0.05, 0.1) is 5.69 Å². The first-order valence-corrected chi connectivity index (χ1v) is 9.13. The van der Waals surface area contributed by atoms with E-state index in [1.807, 2.05) is 0 Å². The normalized spacial score (nSPS) is 14.6. The molecule has 3 aromatic rings. The second-order valence-electron chi connectivity index (χ2n) is 5.90. The summed E-state index contributed by atoms with van der Waals surface area (Å²) in [6, 6.07) is 6.57. The highest BCUT2D eigenvalue weighted by molar-refractivity contribution is 7.92. The van der Waals surface area contributed by atoms with E-state index in [4.69, 9.17) is 8.83 Å². The maximum Gasteiger partial charge on any atom is 0.295 e. The number of anilines is 1. The third-order valence-corrected chi connectivity index (χ3v) is 5.11. The van der Waals surface area contributed by atoms with Gasteiger partial charge in [-0.1, -0.05) is 6.07 Å². The van der Waals surface area contributed by atoms with Crippen molar-refractivity contribution in [2.24, 2.45) is 0 Å². The molecular weight excluding hydrogens is 349 g/mol. The van der Waals surface area contributed by atoms with Gasteiger partial charge in [-0.2, -0.15) is 8.42 Å². The Hall–Kier alpha value is -2.68. The van der Waals surface area contributed by atoms with Crippen LogP contribution < -0.4 is 4.72 Å². The molecule has 4 rings (SSSR count). The molecular formula is C16H14FN3O4S. The van der Waals surface area contributed by atoms with Gasteiger partial charge >= 0.3 is 0 Å². The number of furan rings is 1. The van der Waals surface area contributed by atoms with Gasteiger partial charge in [-0.3, -0.25) is 4.72 Å². The van der Waals surface area contributed by atoms with E-state index in [9.17, 15) is 12.8 Å². The molecule has 1 aliphatic carbocycles. The number of sulfonamides is 1. The van der Waals surface area contributed by atoms with Crippen LogP contribution in [0.2, 0.25) is 0 Å². The Bertz CT molecular complexity index is 1040. The summed E-state index contributed by atoms with van der Waals surface area (Å²) in [7, 11) is -4.01. The largest absolute Gasteiger partial charge is 0.438 e. The molecule has 0 atom stereocenters. The molecule has 1 aromatic carbocycles. The van der Waals surface area contributed by atoms with Crippen LogP contribution in [0.5, 0.6) is 0 Å². The van der Waals surface area contributed by atoms with Crippen molar-refractivity contribution in [3.05, 3.63) is 47.6 Å². The Balaban J connectivity index is 1.60. The minimum atomic E-state index is -4.01. The number of halogens is 1. The lowest BCUT2D eigenvalue weighted by molar-refractivity contribution is 0.435. The predicted octanol–water partition coefficient (Wildman–Crippen LogP) is 3.46. The van der Waals surface area contributed by atoms with Crippen LogP contribution in [0.3, 0.4) is 0 Å². The Labute approximate surface area is 142 Å². The maximum atomic E-state index is 13.3. The number of nitrogens with one attached hydrogen (secondary N) is 1. The van der Waals surface area contributed by atoms with Crippen molar-refractivity contribution in [3.63, 3.8) is 0 Å². The Morgan fingerprint density at radius 2 is 1.96 bits per heavy atom. The Kier molecular flexibility index (Phi) is 3.60. The van der Waals surface area contributed by atoms with Crippen LogP contribution in [0.15, 0.2) is 44.3 Å². The second-order valence-corrected chi connectivity index (χ2v) is 7.52. The molecule has 2 aromatic heterocycles. The smallest absolute Gasteiger partial charge is 0.295 e. The van der Waals surface area contributed by atoms with Crippen LogP contribution in [0.25, 0.3) is 11.7 Å². The monoisotopic (exact) mass is 363 g/mol. The molecule has 130 valence electrons. The molecule has 1 aliphatic rings. The highest BCUT2D eigenvalue weighted by atomic mass is 32.2. The second kappa shape index (κ2) is 5.69. The molecule has 1 N–H and O–H groups in total. The van der Waals surface area contributed by atoms with Crippen LogP contribution in [-0.2, 0) is 10.0 Å². The summed E-state index contributed by atoms with van der Waals surface area (Å²) in [5.41, 5.74) is 0.731. The molecule has 2 heterocycles. The SMILES string of the molecule is Cc1ccc(F)cc1NS(=O)(=O)c1ccc(-c2nnc(C3CC3)o2)o1. The lowest BCUT2D eigenvalue weighted by Crippen LogP contribution is -2.13. The van der Waals surface area contributed by atoms with E-state index < -0.39 is 15.8 Å². The molecule has 0 amide bonds. The minimum Gasteiger partial charge on any atom is -0.438 e. The Morgan fingerprint density at radius 1 is 1.16 bits per heavy atom. The first-order chi connectivity index (χ1) is 11.9. The number of hydrogen-bond donors (Lipinski definition) is 1. The molecule has 7 nitrogen and oxygen atoms in total. The average Bonchev–Trinajstić information content (AvgIpc) is 3.10. The molecule has 0 saturated heterocycles. The van der Waals surface area contributed by atoms with Crippen molar-refractivity contribution in [1.29, 1.82) is 0 Å². The van der Waals surface area contributed by atoms with Crippen molar-refractivity contribution in [2.75, 3.05) is 4.72 Å². The third kappa shape index (κ3) is 3.14. The molecule has 0 unspecified atom stereocenters. The van der Waals surface area contributed by atoms with Crippen molar-refractivity contribution in [1.82, 2.24) is 10.2 Å². The molecule has 1 saturated carbocycles. The fraction of sp³-hybridized carbons (Fsp3) is 0.250. The summed E-state index contributed by atoms with van der Waals surface area (Å²) in [6.45, 7) is 1.67. The zero-order chi connectivity index (χ0) is 17.6. The number of rotatable bonds is 5. The summed E-state index contributed by atoms with van der Waals surface area (Å²) in [5, 5.41) is 7.49. The van der Waals surface area contributed by atoms with E-state index in [2.05, 4.69) is 14.9 Å². The zero-order valence-corrected chi connectivity index (χ0v) is 14.0. The van der Waals surface area contributed by atoms with Gasteiger partial charge in [0.25, 0.3) is 15.9 Å². The summed E-state index contributed by atoms with van der Waals surface area (Å²) < 4.78 is 51.4. The Morgan fingerprint density at radius 3 is 2.72 bits per heavy atom. The number of benzene rings is 1. The number of aryl methyl sites for hydroxylation is 1. The van der Waals surface area contributed by atoms with E-state index in [0.717, 1.165) is 18.9 Å². The van der Waals surface area contributed by atoms with E-state index in [1.54, 1.807) is 6.92 Å². The summed E-state index contributed by atoms with van der Waals surface area (Å²) >= 11 is 0. The maximum absolute atomic E-state index is 13.3. The number of aromatic nitrogens is 2. The molecule has 0 spiro atoms. The molecule has 25 heavy (non-hydrogen) atoms. The standard InChI is InChI=1S/C16H14FN3O4S/c1-9-2-5-11(17)8-12(9)20-25(21,22)14-7-6-13(23-14)16-19-18-15(24-16)10-3-4-10/h2,5-8,10,20H,3-4H2,1H3. The van der Waals surface area contributed by atoms with Crippen LogP contribution in [0.1, 0.15) is 30.2 Å². The predicted molar refractivity (Wildman–Crippen MR) is 85.9 cm³/mol. The first-order valence-electron chi connectivity index (χ1n) is 7.65. The van der Waals surface area contributed by atoms with Crippen LogP contribution in [0.4, 0.5) is 10.1 Å². The van der Waals surface area contributed by atoms with Gasteiger partial charge in [-0.05, 0) is 49.6 Å². The van der Waals surface area contributed by atoms with E-state index >= 15 is 0 Å². The molecule has 0 radical (unpaired) electrons. The topological polar surface area (TPSA) is 98.2 Å². The van der Waals surface area contributed by atoms with E-state index in [0.29, 0.717) is 11.5 Å². The highest BCUT2D eigenvalue weighted by Crippen LogP contribution is 2.40. The number of hydrogen-bond acceptors (Lipinski definition) is 6. The quantitative estimate of drug-likeness (QED) is 0.745. The fourth-order valence-electron chi connectivity index (χ4n) is 2.31. The first kappa shape index (κ1) is 15.8. The summed E-state index contributed by atoms with van der Waals surface area (Å²) in [6.07, 6.45) is 2.02. The van der Waals surface area contributed by atoms with Gasteiger partial charge in [0.1, 0.15) is 5.82 Å². The van der Waals surface area contributed by atoms with Crippen molar-refractivity contribution < 1.29 is 21.6 Å². The molecule has 0 aliphatic heterocycles. The van der Waals surface area contributed by atoms with Gasteiger partial charge in [0.2, 0.25) is 11.0 Å². The van der Waals surface area contributed by atoms with Crippen molar-refractivity contribution in [3.8, 4) is 11.7 Å².